The highest BCUT2D eigenvalue weighted by Crippen LogP contribution is 2.31. The van der Waals surface area contributed by atoms with Crippen LogP contribution in [0.15, 0.2) is 59.8 Å². The third-order valence-electron chi connectivity index (χ3n) is 5.21. The number of hydrogen-bond acceptors (Lipinski definition) is 6. The monoisotopic (exact) mass is 400 g/mol. The molecule has 0 amide bonds. The van der Waals surface area contributed by atoms with Crippen LogP contribution in [0.3, 0.4) is 0 Å². The van der Waals surface area contributed by atoms with Crippen molar-refractivity contribution >= 4 is 17.2 Å². The number of nitrogens with one attached hydrogen (secondary N) is 2. The summed E-state index contributed by atoms with van der Waals surface area (Å²) in [6, 6.07) is 17.7. The van der Waals surface area contributed by atoms with Crippen LogP contribution in [-0.2, 0) is 6.54 Å². The van der Waals surface area contributed by atoms with E-state index in [1.807, 2.05) is 49.5 Å². The summed E-state index contributed by atoms with van der Waals surface area (Å²) in [6.45, 7) is 2.34. The Kier molecular flexibility index (Phi) is 5.39. The molecule has 3 aromatic rings. The van der Waals surface area contributed by atoms with Crippen LogP contribution in [0, 0.1) is 11.3 Å². The van der Waals surface area contributed by atoms with Gasteiger partial charge in [0.2, 0.25) is 0 Å². The van der Waals surface area contributed by atoms with E-state index in [0.29, 0.717) is 17.9 Å². The van der Waals surface area contributed by atoms with Crippen molar-refractivity contribution in [2.75, 3.05) is 30.5 Å². The van der Waals surface area contributed by atoms with Gasteiger partial charge in [-0.2, -0.15) is 10.4 Å². The molecule has 1 aromatic heterocycles. The molecular weight excluding hydrogens is 376 g/mol. The van der Waals surface area contributed by atoms with E-state index in [1.165, 1.54) is 5.01 Å². The molecule has 8 heteroatoms. The second-order valence-corrected chi connectivity index (χ2v) is 7.13. The molecular formula is C22H24N8. The fourth-order valence-electron chi connectivity index (χ4n) is 3.66. The largest absolute Gasteiger partial charge is 0.384 e. The number of nitrogens with zero attached hydrogens (tertiary/aromatic N) is 4. The van der Waals surface area contributed by atoms with E-state index in [2.05, 4.69) is 38.6 Å². The lowest BCUT2D eigenvalue weighted by atomic mass is 10.1. The summed E-state index contributed by atoms with van der Waals surface area (Å²) in [7, 11) is 1.93. The van der Waals surface area contributed by atoms with Crippen LogP contribution in [0.4, 0.5) is 11.4 Å². The van der Waals surface area contributed by atoms with E-state index in [1.54, 1.807) is 0 Å². The van der Waals surface area contributed by atoms with Crippen LogP contribution in [0.5, 0.6) is 0 Å². The number of rotatable bonds is 5. The van der Waals surface area contributed by atoms with Crippen molar-refractivity contribution in [3.63, 3.8) is 0 Å². The van der Waals surface area contributed by atoms with Gasteiger partial charge in [-0.05, 0) is 54.6 Å². The number of anilines is 2. The molecule has 152 valence electrons. The van der Waals surface area contributed by atoms with E-state index in [-0.39, 0.29) is 0 Å². The Bertz CT molecular complexity index is 1120. The number of hydrazine groups is 1. The topological polar surface area (TPSA) is 120 Å². The summed E-state index contributed by atoms with van der Waals surface area (Å²) in [5, 5.41) is 21.1. The Hall–Kier alpha value is -3.80. The standard InChI is InChI=1S/C22H24N8/c1-26-8-9-27-19-6-7-20-18(10-19)14-29-13-17(11-21(29)22(28-24)30(20)25)16-4-2-15(12-23)3-5-16/h2-7,10-11,13,26-27H,8-9,14,24-25H2,1H3/b28-22-. The first-order valence-corrected chi connectivity index (χ1v) is 9.69. The van der Waals surface area contributed by atoms with Crippen molar-refractivity contribution in [1.29, 1.82) is 5.26 Å². The summed E-state index contributed by atoms with van der Waals surface area (Å²) in [4.78, 5) is 0. The van der Waals surface area contributed by atoms with E-state index < -0.39 is 0 Å². The fraction of sp³-hybridized carbons (Fsp3) is 0.182. The van der Waals surface area contributed by atoms with Gasteiger partial charge < -0.3 is 21.0 Å². The lowest BCUT2D eigenvalue weighted by Crippen LogP contribution is -2.39. The number of fused-ring (bicyclic) bond motifs is 2. The number of nitriles is 1. The molecule has 6 N–H and O–H groups in total. The third-order valence-corrected chi connectivity index (χ3v) is 5.21. The van der Waals surface area contributed by atoms with Crippen molar-refractivity contribution in [2.24, 2.45) is 16.8 Å². The second kappa shape index (κ2) is 8.29. The third kappa shape index (κ3) is 3.59. The molecule has 2 heterocycles. The van der Waals surface area contributed by atoms with Crippen molar-refractivity contribution < 1.29 is 0 Å². The molecule has 30 heavy (non-hydrogen) atoms. The maximum atomic E-state index is 9.03. The molecule has 1 aliphatic rings. The highest BCUT2D eigenvalue weighted by atomic mass is 15.5. The summed E-state index contributed by atoms with van der Waals surface area (Å²) in [5.41, 5.74) is 6.44. The Morgan fingerprint density at radius 3 is 2.60 bits per heavy atom. The first-order valence-electron chi connectivity index (χ1n) is 9.69. The lowest BCUT2D eigenvalue weighted by molar-refractivity contribution is 0.803. The molecule has 8 nitrogen and oxygen atoms in total. The van der Waals surface area contributed by atoms with E-state index in [9.17, 15) is 0 Å². The Balaban J connectivity index is 1.73. The van der Waals surface area contributed by atoms with Crippen LogP contribution in [0.25, 0.3) is 11.1 Å². The number of likely N-dealkylation sites (N-methyl/N-ethyl adjacent to an activating group) is 1. The van der Waals surface area contributed by atoms with E-state index >= 15 is 0 Å². The lowest BCUT2D eigenvalue weighted by Gasteiger charge is -2.20. The van der Waals surface area contributed by atoms with Gasteiger partial charge in [-0.25, -0.2) is 5.84 Å². The molecule has 0 saturated carbocycles. The molecule has 0 saturated heterocycles. The molecule has 0 unspecified atom stereocenters. The normalized spacial score (nSPS) is 14.0. The summed E-state index contributed by atoms with van der Waals surface area (Å²) < 4.78 is 2.10. The molecule has 4 rings (SSSR count). The Morgan fingerprint density at radius 1 is 1.10 bits per heavy atom. The van der Waals surface area contributed by atoms with Crippen molar-refractivity contribution in [2.45, 2.75) is 6.54 Å². The van der Waals surface area contributed by atoms with Crippen molar-refractivity contribution in [3.8, 4) is 17.2 Å². The highest BCUT2D eigenvalue weighted by molar-refractivity contribution is 6.09. The van der Waals surface area contributed by atoms with Crippen LogP contribution in [0.1, 0.15) is 16.8 Å². The van der Waals surface area contributed by atoms with Crippen molar-refractivity contribution in [1.82, 2.24) is 9.88 Å². The number of hydrazone groups is 1. The molecule has 1 aliphatic heterocycles. The quantitative estimate of drug-likeness (QED) is 0.295. The smallest absolute Gasteiger partial charge is 0.190 e. The van der Waals surface area contributed by atoms with Gasteiger partial charge in [-0.15, -0.1) is 0 Å². The first-order chi connectivity index (χ1) is 14.6. The molecule has 0 radical (unpaired) electrons. The number of aromatic nitrogens is 1. The fourth-order valence-corrected chi connectivity index (χ4v) is 3.66. The minimum Gasteiger partial charge on any atom is -0.384 e. The maximum absolute atomic E-state index is 9.03. The van der Waals surface area contributed by atoms with Crippen LogP contribution in [0.2, 0.25) is 0 Å². The van der Waals surface area contributed by atoms with Gasteiger partial charge in [0.25, 0.3) is 0 Å². The summed E-state index contributed by atoms with van der Waals surface area (Å²) in [6.07, 6.45) is 2.06. The van der Waals surface area contributed by atoms with Gasteiger partial charge in [0, 0.05) is 37.1 Å². The van der Waals surface area contributed by atoms with Gasteiger partial charge in [0.1, 0.15) is 0 Å². The molecule has 0 atom stereocenters. The zero-order valence-corrected chi connectivity index (χ0v) is 16.8. The Labute approximate surface area is 175 Å². The molecule has 0 bridgehead atoms. The van der Waals surface area contributed by atoms with Crippen molar-refractivity contribution in [3.05, 3.63) is 71.5 Å². The summed E-state index contributed by atoms with van der Waals surface area (Å²) >= 11 is 0. The molecule has 0 spiro atoms. The van der Waals surface area contributed by atoms with Gasteiger partial charge in [0.05, 0.1) is 23.0 Å². The average Bonchev–Trinajstić information content (AvgIpc) is 3.13. The summed E-state index contributed by atoms with van der Waals surface area (Å²) in [5.74, 6) is 12.6. The zero-order valence-electron chi connectivity index (χ0n) is 16.8. The van der Waals surface area contributed by atoms with Crippen LogP contribution >= 0.6 is 0 Å². The van der Waals surface area contributed by atoms with Gasteiger partial charge in [0.15, 0.2) is 5.84 Å². The van der Waals surface area contributed by atoms with Gasteiger partial charge in [-0.3, -0.25) is 5.01 Å². The van der Waals surface area contributed by atoms with Crippen LogP contribution in [-0.4, -0.2) is 30.5 Å². The van der Waals surface area contributed by atoms with E-state index in [0.717, 1.165) is 46.8 Å². The number of benzene rings is 2. The van der Waals surface area contributed by atoms with Gasteiger partial charge in [-0.1, -0.05) is 12.1 Å². The SMILES string of the molecule is CNCCNc1ccc2c(c1)Cn1cc(-c3ccc(C#N)cc3)cc1/C(=N/N)N2N. The predicted molar refractivity (Wildman–Crippen MR) is 120 cm³/mol. The number of nitrogens with two attached hydrogens (primary N) is 2. The van der Waals surface area contributed by atoms with Crippen LogP contribution < -0.4 is 27.3 Å². The van der Waals surface area contributed by atoms with E-state index in [4.69, 9.17) is 16.9 Å². The highest BCUT2D eigenvalue weighted by Gasteiger charge is 2.25. The molecule has 0 aliphatic carbocycles. The predicted octanol–water partition coefficient (Wildman–Crippen LogP) is 2.02. The maximum Gasteiger partial charge on any atom is 0.190 e. The average molecular weight is 400 g/mol. The van der Waals surface area contributed by atoms with Gasteiger partial charge >= 0.3 is 0 Å². The minimum absolute atomic E-state index is 0.490. The zero-order chi connectivity index (χ0) is 21.1. The second-order valence-electron chi connectivity index (χ2n) is 7.13. The minimum atomic E-state index is 0.490. The molecule has 0 fully saturated rings. The number of hydrogen-bond donors (Lipinski definition) is 4. The number of amidine groups is 1. The first kappa shape index (κ1) is 19.5. The molecule has 2 aromatic carbocycles. The Morgan fingerprint density at radius 2 is 1.90 bits per heavy atom.